The van der Waals surface area contributed by atoms with Crippen LogP contribution in [-0.4, -0.2) is 10.9 Å². The van der Waals surface area contributed by atoms with E-state index in [4.69, 9.17) is 0 Å². The summed E-state index contributed by atoms with van der Waals surface area (Å²) in [5.41, 5.74) is 2.84. The molecule has 3 heteroatoms. The Kier molecular flexibility index (Phi) is 2.91. The highest BCUT2D eigenvalue weighted by atomic mass is 16.1. The van der Waals surface area contributed by atoms with E-state index in [-0.39, 0.29) is 5.56 Å². The number of aromatic nitrogens is 1. The van der Waals surface area contributed by atoms with Crippen LogP contribution in [0.15, 0.2) is 41.3 Å². The lowest BCUT2D eigenvalue weighted by Gasteiger charge is -2.09. The molecule has 1 aromatic carbocycles. The Balaban J connectivity index is 2.73. The molecule has 0 aliphatic rings. The maximum atomic E-state index is 11.8. The van der Waals surface area contributed by atoms with Gasteiger partial charge in [-0.3, -0.25) is 9.59 Å². The van der Waals surface area contributed by atoms with Crippen molar-refractivity contribution in [1.29, 1.82) is 0 Å². The molecule has 1 heterocycles. The van der Waals surface area contributed by atoms with Gasteiger partial charge in [0.25, 0.3) is 5.56 Å². The largest absolute Gasteiger partial charge is 0.318 e. The average Bonchev–Trinajstić information content (AvgIpc) is 2.36. The Morgan fingerprint density at radius 1 is 1.12 bits per heavy atom. The van der Waals surface area contributed by atoms with Crippen molar-refractivity contribution in [3.05, 3.63) is 58.0 Å². The fraction of sp³-hybridized carbons (Fsp3) is 0.143. The van der Waals surface area contributed by atoms with E-state index in [0.717, 1.165) is 17.4 Å². The minimum atomic E-state index is -0.0387. The Bertz CT molecular complexity index is 626. The summed E-state index contributed by atoms with van der Waals surface area (Å²) in [5, 5.41) is 0. The smallest absolute Gasteiger partial charge is 0.253 e. The van der Waals surface area contributed by atoms with Gasteiger partial charge in [0.2, 0.25) is 0 Å². The lowest BCUT2D eigenvalue weighted by Crippen LogP contribution is -2.19. The number of rotatable bonds is 2. The summed E-state index contributed by atoms with van der Waals surface area (Å²) in [4.78, 5) is 22.8. The molecule has 0 amide bonds. The quantitative estimate of drug-likeness (QED) is 0.737. The fourth-order valence-corrected chi connectivity index (χ4v) is 1.90. The van der Waals surface area contributed by atoms with Crippen molar-refractivity contribution in [2.75, 3.05) is 0 Å². The Morgan fingerprint density at radius 2 is 1.82 bits per heavy atom. The number of hydrogen-bond donors (Lipinski definition) is 0. The van der Waals surface area contributed by atoms with Gasteiger partial charge in [-0.25, -0.2) is 0 Å². The topological polar surface area (TPSA) is 39.1 Å². The number of aryl methyl sites for hydroxylation is 1. The molecule has 0 atom stereocenters. The van der Waals surface area contributed by atoms with Crippen LogP contribution in [0, 0.1) is 6.92 Å². The molecule has 0 aliphatic carbocycles. The van der Waals surface area contributed by atoms with Gasteiger partial charge in [0.15, 0.2) is 6.29 Å². The first kappa shape index (κ1) is 11.3. The van der Waals surface area contributed by atoms with E-state index in [2.05, 4.69) is 0 Å². The highest BCUT2D eigenvalue weighted by Gasteiger charge is 2.09. The minimum absolute atomic E-state index is 0.0387. The molecule has 0 N–H and O–H groups in total. The maximum absolute atomic E-state index is 11.8. The van der Waals surface area contributed by atoms with Crippen LogP contribution in [0.25, 0.3) is 11.1 Å². The summed E-state index contributed by atoms with van der Waals surface area (Å²) < 4.78 is 1.53. The third-order valence-corrected chi connectivity index (χ3v) is 2.89. The van der Waals surface area contributed by atoms with Crippen molar-refractivity contribution in [2.24, 2.45) is 7.05 Å². The first-order valence-corrected chi connectivity index (χ1v) is 5.36. The maximum Gasteiger partial charge on any atom is 0.253 e. The van der Waals surface area contributed by atoms with E-state index in [1.54, 1.807) is 26.2 Å². The van der Waals surface area contributed by atoms with E-state index in [9.17, 15) is 9.59 Å². The highest BCUT2D eigenvalue weighted by molar-refractivity contribution is 5.88. The van der Waals surface area contributed by atoms with Gasteiger partial charge in [-0.1, -0.05) is 24.3 Å². The zero-order valence-electron chi connectivity index (χ0n) is 9.81. The van der Waals surface area contributed by atoms with Gasteiger partial charge in [-0.2, -0.15) is 0 Å². The summed E-state index contributed by atoms with van der Waals surface area (Å²) in [5.74, 6) is 0. The second-order valence-corrected chi connectivity index (χ2v) is 3.98. The van der Waals surface area contributed by atoms with Crippen LogP contribution >= 0.6 is 0 Å². The van der Waals surface area contributed by atoms with Gasteiger partial charge in [-0.05, 0) is 24.1 Å². The van der Waals surface area contributed by atoms with Crippen LogP contribution in [0.4, 0.5) is 0 Å². The number of hydrogen-bond acceptors (Lipinski definition) is 2. The second kappa shape index (κ2) is 4.37. The summed E-state index contributed by atoms with van der Waals surface area (Å²) in [7, 11) is 1.71. The number of nitrogens with zero attached hydrogens (tertiary/aromatic N) is 1. The first-order chi connectivity index (χ1) is 8.15. The Hall–Kier alpha value is -2.16. The number of benzene rings is 1. The number of carbonyl (C=O) groups is 1. The standard InChI is InChI=1S/C14H13NO2/c1-10-12(7-8-15(2)14(10)17)13-6-4-3-5-11(13)9-16/h3-9H,1-2H3. The molecular formula is C14H13NO2. The molecule has 2 rings (SSSR count). The third-order valence-electron chi connectivity index (χ3n) is 2.89. The summed E-state index contributed by atoms with van der Waals surface area (Å²) in [6.45, 7) is 1.78. The molecular weight excluding hydrogens is 214 g/mol. The molecule has 0 aliphatic heterocycles. The second-order valence-electron chi connectivity index (χ2n) is 3.98. The van der Waals surface area contributed by atoms with Gasteiger partial charge in [0.1, 0.15) is 0 Å². The van der Waals surface area contributed by atoms with E-state index < -0.39 is 0 Å². The molecule has 0 fully saturated rings. The van der Waals surface area contributed by atoms with Crippen LogP contribution in [0.1, 0.15) is 15.9 Å². The Morgan fingerprint density at radius 3 is 2.53 bits per heavy atom. The van der Waals surface area contributed by atoms with Crippen molar-refractivity contribution < 1.29 is 4.79 Å². The van der Waals surface area contributed by atoms with Crippen molar-refractivity contribution in [2.45, 2.75) is 6.92 Å². The third kappa shape index (κ3) is 1.91. The fourth-order valence-electron chi connectivity index (χ4n) is 1.90. The van der Waals surface area contributed by atoms with Crippen molar-refractivity contribution in [1.82, 2.24) is 4.57 Å². The van der Waals surface area contributed by atoms with Crippen LogP contribution in [-0.2, 0) is 7.05 Å². The van der Waals surface area contributed by atoms with E-state index in [0.29, 0.717) is 11.1 Å². The summed E-state index contributed by atoms with van der Waals surface area (Å²) >= 11 is 0. The van der Waals surface area contributed by atoms with E-state index >= 15 is 0 Å². The van der Waals surface area contributed by atoms with E-state index in [1.807, 2.05) is 24.3 Å². The molecule has 0 spiro atoms. The number of carbonyl (C=O) groups excluding carboxylic acids is 1. The predicted molar refractivity (Wildman–Crippen MR) is 67.2 cm³/mol. The molecule has 0 unspecified atom stereocenters. The van der Waals surface area contributed by atoms with Gasteiger partial charge >= 0.3 is 0 Å². The SMILES string of the molecule is Cc1c(-c2ccccc2C=O)ccn(C)c1=O. The van der Waals surface area contributed by atoms with Gasteiger partial charge in [0.05, 0.1) is 0 Å². The monoisotopic (exact) mass is 227 g/mol. The van der Waals surface area contributed by atoms with Crippen LogP contribution in [0.3, 0.4) is 0 Å². The van der Waals surface area contributed by atoms with Crippen molar-refractivity contribution in [3.63, 3.8) is 0 Å². The summed E-state index contributed by atoms with van der Waals surface area (Å²) in [6, 6.07) is 9.13. The highest BCUT2D eigenvalue weighted by Crippen LogP contribution is 2.23. The molecule has 86 valence electrons. The van der Waals surface area contributed by atoms with Gasteiger partial charge in [-0.15, -0.1) is 0 Å². The first-order valence-electron chi connectivity index (χ1n) is 5.36. The zero-order chi connectivity index (χ0) is 12.4. The lowest BCUT2D eigenvalue weighted by atomic mass is 9.98. The molecule has 17 heavy (non-hydrogen) atoms. The van der Waals surface area contributed by atoms with Gasteiger partial charge < -0.3 is 4.57 Å². The molecule has 0 saturated heterocycles. The van der Waals surface area contributed by atoms with Crippen LogP contribution in [0.5, 0.6) is 0 Å². The van der Waals surface area contributed by atoms with Crippen LogP contribution < -0.4 is 5.56 Å². The molecule has 3 nitrogen and oxygen atoms in total. The number of aldehydes is 1. The van der Waals surface area contributed by atoms with Crippen molar-refractivity contribution >= 4 is 6.29 Å². The predicted octanol–water partition coefficient (Wildman–Crippen LogP) is 2.17. The molecule has 0 radical (unpaired) electrons. The molecule has 2 aromatic rings. The normalized spacial score (nSPS) is 10.2. The van der Waals surface area contributed by atoms with E-state index in [1.165, 1.54) is 4.57 Å². The lowest BCUT2D eigenvalue weighted by molar-refractivity contribution is 0.112. The zero-order valence-corrected chi connectivity index (χ0v) is 9.81. The van der Waals surface area contributed by atoms with Crippen LogP contribution in [0.2, 0.25) is 0 Å². The Labute approximate surface area is 99.3 Å². The molecule has 0 saturated carbocycles. The summed E-state index contributed by atoms with van der Waals surface area (Å²) in [6.07, 6.45) is 2.53. The average molecular weight is 227 g/mol. The minimum Gasteiger partial charge on any atom is -0.318 e. The molecule has 0 bridgehead atoms. The van der Waals surface area contributed by atoms with Crippen molar-refractivity contribution in [3.8, 4) is 11.1 Å². The van der Waals surface area contributed by atoms with Gasteiger partial charge in [0, 0.05) is 24.4 Å². The molecule has 1 aromatic heterocycles. The number of pyridine rings is 1.